The van der Waals surface area contributed by atoms with E-state index in [1.807, 2.05) is 19.1 Å². The number of nitrogens with zero attached hydrogens (tertiary/aromatic N) is 1. The molecule has 0 aromatic carbocycles. The maximum absolute atomic E-state index is 5.79. The minimum absolute atomic E-state index is 0.127. The van der Waals surface area contributed by atoms with Crippen molar-refractivity contribution in [3.63, 3.8) is 0 Å². The van der Waals surface area contributed by atoms with Crippen LogP contribution < -0.4 is 16.4 Å². The third-order valence-corrected chi connectivity index (χ3v) is 2.28. The largest absolute Gasteiger partial charge is 0.380 e. The quantitative estimate of drug-likeness (QED) is 0.590. The van der Waals surface area contributed by atoms with Crippen LogP contribution in [-0.2, 0) is 0 Å². The van der Waals surface area contributed by atoms with E-state index in [1.54, 1.807) is 6.20 Å². The number of hydrogen-bond donors (Lipinski definition) is 3. The second-order valence-electron chi connectivity index (χ2n) is 3.39. The maximum atomic E-state index is 5.79. The van der Waals surface area contributed by atoms with E-state index < -0.39 is 0 Å². The molecule has 13 heavy (non-hydrogen) atoms. The van der Waals surface area contributed by atoms with Crippen LogP contribution in [0.25, 0.3) is 0 Å². The Morgan fingerprint density at radius 3 is 3.31 bits per heavy atom. The summed E-state index contributed by atoms with van der Waals surface area (Å²) in [6.07, 6.45) is 1.77. The molecule has 1 aromatic rings. The third-order valence-electron chi connectivity index (χ3n) is 2.28. The van der Waals surface area contributed by atoms with Crippen LogP contribution >= 0.6 is 0 Å². The molecule has 0 bridgehead atoms. The van der Waals surface area contributed by atoms with Gasteiger partial charge in [0.15, 0.2) is 0 Å². The zero-order chi connectivity index (χ0) is 9.26. The molecule has 4 heteroatoms. The van der Waals surface area contributed by atoms with Crippen LogP contribution in [0, 0.1) is 0 Å². The van der Waals surface area contributed by atoms with Gasteiger partial charge in [0.1, 0.15) is 5.82 Å². The van der Waals surface area contributed by atoms with Crippen LogP contribution in [0.4, 0.5) is 11.5 Å². The van der Waals surface area contributed by atoms with Crippen LogP contribution in [0.5, 0.6) is 0 Å². The molecule has 0 saturated heterocycles. The van der Waals surface area contributed by atoms with Crippen molar-refractivity contribution >= 4 is 11.5 Å². The Balaban J connectivity index is 2.20. The molecule has 1 aliphatic heterocycles. The number of nitrogens with one attached hydrogen (secondary N) is 2. The molecule has 0 fully saturated rings. The Morgan fingerprint density at radius 1 is 1.69 bits per heavy atom. The van der Waals surface area contributed by atoms with Crippen molar-refractivity contribution in [1.82, 2.24) is 4.98 Å². The van der Waals surface area contributed by atoms with E-state index in [9.17, 15) is 0 Å². The summed E-state index contributed by atoms with van der Waals surface area (Å²) >= 11 is 0. The van der Waals surface area contributed by atoms with Crippen molar-refractivity contribution in [3.05, 3.63) is 18.3 Å². The standard InChI is InChI=1S/C9H14N4/c1-6(10)8-5-12-7-3-2-4-11-9(7)13-8/h2-4,6,8,12H,5,10H2,1H3,(H,11,13)/t6-,8-/m1/s1. The van der Waals surface area contributed by atoms with Crippen molar-refractivity contribution in [2.45, 2.75) is 19.0 Å². The molecule has 4 nitrogen and oxygen atoms in total. The van der Waals surface area contributed by atoms with Gasteiger partial charge >= 0.3 is 0 Å². The van der Waals surface area contributed by atoms with Gasteiger partial charge in [0.2, 0.25) is 0 Å². The molecule has 1 aromatic heterocycles. The second kappa shape index (κ2) is 3.22. The first-order valence-corrected chi connectivity index (χ1v) is 4.48. The lowest BCUT2D eigenvalue weighted by Gasteiger charge is -2.29. The number of hydrogen-bond acceptors (Lipinski definition) is 4. The molecule has 0 radical (unpaired) electrons. The topological polar surface area (TPSA) is 63.0 Å². The summed E-state index contributed by atoms with van der Waals surface area (Å²) in [5.74, 6) is 0.899. The molecule has 0 amide bonds. The Hall–Kier alpha value is -1.29. The minimum atomic E-state index is 0.127. The number of rotatable bonds is 1. The number of anilines is 2. The van der Waals surface area contributed by atoms with Gasteiger partial charge in [-0.05, 0) is 19.1 Å². The Kier molecular flexibility index (Phi) is 2.06. The highest BCUT2D eigenvalue weighted by molar-refractivity contribution is 5.66. The fourth-order valence-electron chi connectivity index (χ4n) is 1.43. The van der Waals surface area contributed by atoms with Gasteiger partial charge in [-0.3, -0.25) is 0 Å². The normalized spacial score (nSPS) is 22.5. The van der Waals surface area contributed by atoms with Crippen LogP contribution in [-0.4, -0.2) is 23.6 Å². The lowest BCUT2D eigenvalue weighted by Crippen LogP contribution is -2.45. The van der Waals surface area contributed by atoms with E-state index in [2.05, 4.69) is 15.6 Å². The molecular formula is C9H14N4. The summed E-state index contributed by atoms with van der Waals surface area (Å²) < 4.78 is 0. The van der Waals surface area contributed by atoms with Gasteiger partial charge in [0.25, 0.3) is 0 Å². The molecular weight excluding hydrogens is 164 g/mol. The average Bonchev–Trinajstić information content (AvgIpc) is 2.17. The maximum Gasteiger partial charge on any atom is 0.149 e. The average molecular weight is 178 g/mol. The molecule has 2 atom stereocenters. The summed E-state index contributed by atoms with van der Waals surface area (Å²) in [6, 6.07) is 4.32. The van der Waals surface area contributed by atoms with E-state index >= 15 is 0 Å². The fourth-order valence-corrected chi connectivity index (χ4v) is 1.43. The van der Waals surface area contributed by atoms with Crippen molar-refractivity contribution in [3.8, 4) is 0 Å². The van der Waals surface area contributed by atoms with Gasteiger partial charge in [-0.1, -0.05) is 0 Å². The van der Waals surface area contributed by atoms with Crippen molar-refractivity contribution in [1.29, 1.82) is 0 Å². The van der Waals surface area contributed by atoms with E-state index in [0.717, 1.165) is 18.1 Å². The predicted molar refractivity (Wildman–Crippen MR) is 53.8 cm³/mol. The number of nitrogens with two attached hydrogens (primary N) is 1. The predicted octanol–water partition coefficient (Wildman–Crippen LogP) is 0.635. The fraction of sp³-hybridized carbons (Fsp3) is 0.444. The van der Waals surface area contributed by atoms with Gasteiger partial charge < -0.3 is 16.4 Å². The van der Waals surface area contributed by atoms with Crippen LogP contribution in [0.3, 0.4) is 0 Å². The lowest BCUT2D eigenvalue weighted by molar-refractivity contribution is 0.606. The van der Waals surface area contributed by atoms with E-state index in [0.29, 0.717) is 0 Å². The molecule has 0 unspecified atom stereocenters. The second-order valence-corrected chi connectivity index (χ2v) is 3.39. The van der Waals surface area contributed by atoms with Crippen LogP contribution in [0.2, 0.25) is 0 Å². The Labute approximate surface area is 77.5 Å². The zero-order valence-electron chi connectivity index (χ0n) is 7.62. The lowest BCUT2D eigenvalue weighted by atomic mass is 10.1. The Morgan fingerprint density at radius 2 is 2.54 bits per heavy atom. The summed E-state index contributed by atoms with van der Waals surface area (Å²) in [5.41, 5.74) is 6.85. The molecule has 1 aliphatic rings. The molecule has 0 spiro atoms. The van der Waals surface area contributed by atoms with Gasteiger partial charge in [0.05, 0.1) is 11.7 Å². The third kappa shape index (κ3) is 1.58. The molecule has 70 valence electrons. The van der Waals surface area contributed by atoms with E-state index in [4.69, 9.17) is 5.73 Å². The van der Waals surface area contributed by atoms with Crippen molar-refractivity contribution in [2.75, 3.05) is 17.2 Å². The van der Waals surface area contributed by atoms with Crippen molar-refractivity contribution < 1.29 is 0 Å². The monoisotopic (exact) mass is 178 g/mol. The molecule has 2 rings (SSSR count). The summed E-state index contributed by atoms with van der Waals surface area (Å²) in [6.45, 7) is 2.85. The number of pyridine rings is 1. The highest BCUT2D eigenvalue weighted by Crippen LogP contribution is 2.22. The zero-order valence-corrected chi connectivity index (χ0v) is 7.62. The highest BCUT2D eigenvalue weighted by atomic mass is 15.1. The highest BCUT2D eigenvalue weighted by Gasteiger charge is 2.20. The first kappa shape index (κ1) is 8.31. The minimum Gasteiger partial charge on any atom is -0.380 e. The molecule has 0 aliphatic carbocycles. The summed E-state index contributed by atoms with van der Waals surface area (Å²) in [5, 5.41) is 6.59. The summed E-state index contributed by atoms with van der Waals surface area (Å²) in [7, 11) is 0. The van der Waals surface area contributed by atoms with E-state index in [-0.39, 0.29) is 12.1 Å². The first-order valence-electron chi connectivity index (χ1n) is 4.48. The number of aromatic nitrogens is 1. The first-order chi connectivity index (χ1) is 6.27. The van der Waals surface area contributed by atoms with Gasteiger partial charge in [-0.2, -0.15) is 0 Å². The molecule has 2 heterocycles. The van der Waals surface area contributed by atoms with Crippen LogP contribution in [0.15, 0.2) is 18.3 Å². The molecule has 0 saturated carbocycles. The van der Waals surface area contributed by atoms with Gasteiger partial charge in [-0.15, -0.1) is 0 Å². The number of fused-ring (bicyclic) bond motifs is 1. The molecule has 4 N–H and O–H groups in total. The summed E-state index contributed by atoms with van der Waals surface area (Å²) in [4.78, 5) is 4.22. The Bertz CT molecular complexity index is 297. The van der Waals surface area contributed by atoms with E-state index in [1.165, 1.54) is 0 Å². The van der Waals surface area contributed by atoms with Gasteiger partial charge in [0, 0.05) is 18.8 Å². The van der Waals surface area contributed by atoms with Crippen molar-refractivity contribution in [2.24, 2.45) is 5.73 Å². The smallest absolute Gasteiger partial charge is 0.149 e. The van der Waals surface area contributed by atoms with Crippen LogP contribution in [0.1, 0.15) is 6.92 Å². The van der Waals surface area contributed by atoms with Gasteiger partial charge in [-0.25, -0.2) is 4.98 Å². The SMILES string of the molecule is C[C@@H](N)[C@H]1CNc2cccnc2N1.